The van der Waals surface area contributed by atoms with Crippen molar-refractivity contribution in [2.24, 2.45) is 5.92 Å². The van der Waals surface area contributed by atoms with Gasteiger partial charge in [-0.15, -0.1) is 0 Å². The third-order valence-corrected chi connectivity index (χ3v) is 3.43. The summed E-state index contributed by atoms with van der Waals surface area (Å²) >= 11 is 3.53. The lowest BCUT2D eigenvalue weighted by Gasteiger charge is -2.07. The number of alkyl halides is 1. The first kappa shape index (κ1) is 7.11. The number of ether oxygens (including phenoxy) is 1. The molecule has 3 atom stereocenters. The summed E-state index contributed by atoms with van der Waals surface area (Å²) in [5, 5.41) is 1.13. The number of epoxide rings is 1. The smallest absolute Gasteiger partial charge is 0.0877 e. The Labute approximate surface area is 70.3 Å². The second-order valence-corrected chi connectivity index (χ2v) is 3.99. The summed E-state index contributed by atoms with van der Waals surface area (Å²) in [6.45, 7) is 0. The van der Waals surface area contributed by atoms with Crippen LogP contribution in [0.25, 0.3) is 0 Å². The Hall–Kier alpha value is 0.440. The van der Waals surface area contributed by atoms with Gasteiger partial charge in [0.15, 0.2) is 0 Å². The minimum Gasteiger partial charge on any atom is -0.369 e. The number of fused-ring (bicyclic) bond motifs is 1. The van der Waals surface area contributed by atoms with E-state index in [1.54, 1.807) is 0 Å². The molecular formula is C8H13BrO. The van der Waals surface area contributed by atoms with E-state index in [1.807, 2.05) is 0 Å². The van der Waals surface area contributed by atoms with E-state index in [-0.39, 0.29) is 0 Å². The van der Waals surface area contributed by atoms with E-state index in [0.717, 1.165) is 11.2 Å². The summed E-state index contributed by atoms with van der Waals surface area (Å²) in [4.78, 5) is 0. The molecule has 3 unspecified atom stereocenters. The summed E-state index contributed by atoms with van der Waals surface area (Å²) in [6.07, 6.45) is 6.74. The Bertz CT molecular complexity index is 126. The minimum absolute atomic E-state index is 0.627. The van der Waals surface area contributed by atoms with Gasteiger partial charge in [-0.3, -0.25) is 0 Å². The van der Waals surface area contributed by atoms with Crippen LogP contribution in [0, 0.1) is 5.92 Å². The SMILES string of the molecule is BrCC1CCCCC2OC12. The van der Waals surface area contributed by atoms with Gasteiger partial charge in [-0.1, -0.05) is 28.8 Å². The largest absolute Gasteiger partial charge is 0.369 e. The third-order valence-electron chi connectivity index (χ3n) is 2.60. The average Bonchev–Trinajstić information content (AvgIpc) is 2.63. The zero-order valence-electron chi connectivity index (χ0n) is 6.05. The van der Waals surface area contributed by atoms with E-state index in [4.69, 9.17) is 4.74 Å². The van der Waals surface area contributed by atoms with Crippen LogP contribution >= 0.6 is 15.9 Å². The molecule has 1 aliphatic heterocycles. The topological polar surface area (TPSA) is 12.5 Å². The van der Waals surface area contributed by atoms with Gasteiger partial charge < -0.3 is 4.74 Å². The highest BCUT2D eigenvalue weighted by molar-refractivity contribution is 9.09. The number of hydrogen-bond acceptors (Lipinski definition) is 1. The Kier molecular flexibility index (Phi) is 2.01. The maximum atomic E-state index is 5.53. The fourth-order valence-corrected chi connectivity index (χ4v) is 2.58. The van der Waals surface area contributed by atoms with Crippen LogP contribution < -0.4 is 0 Å². The zero-order chi connectivity index (χ0) is 6.97. The van der Waals surface area contributed by atoms with Crippen LogP contribution in [0.4, 0.5) is 0 Å². The quantitative estimate of drug-likeness (QED) is 0.472. The van der Waals surface area contributed by atoms with E-state index in [1.165, 1.54) is 25.7 Å². The molecular weight excluding hydrogens is 192 g/mol. The molecule has 2 rings (SSSR count). The third kappa shape index (κ3) is 1.24. The fourth-order valence-electron chi connectivity index (χ4n) is 1.88. The molecule has 1 heterocycles. The van der Waals surface area contributed by atoms with Crippen molar-refractivity contribution in [2.45, 2.75) is 37.9 Å². The number of hydrogen-bond donors (Lipinski definition) is 0. The summed E-state index contributed by atoms with van der Waals surface area (Å²) in [6, 6.07) is 0. The van der Waals surface area contributed by atoms with Gasteiger partial charge in [0.2, 0.25) is 0 Å². The van der Waals surface area contributed by atoms with Gasteiger partial charge in [0.25, 0.3) is 0 Å². The Morgan fingerprint density at radius 2 is 2.10 bits per heavy atom. The van der Waals surface area contributed by atoms with Crippen molar-refractivity contribution in [3.05, 3.63) is 0 Å². The Morgan fingerprint density at radius 1 is 1.30 bits per heavy atom. The van der Waals surface area contributed by atoms with E-state index in [2.05, 4.69) is 15.9 Å². The first-order valence-electron chi connectivity index (χ1n) is 4.13. The maximum Gasteiger partial charge on any atom is 0.0877 e. The molecule has 0 amide bonds. The highest BCUT2D eigenvalue weighted by Crippen LogP contribution is 2.39. The highest BCUT2D eigenvalue weighted by atomic mass is 79.9. The number of rotatable bonds is 1. The van der Waals surface area contributed by atoms with Crippen molar-refractivity contribution in [2.75, 3.05) is 5.33 Å². The first-order chi connectivity index (χ1) is 4.92. The highest BCUT2D eigenvalue weighted by Gasteiger charge is 2.44. The van der Waals surface area contributed by atoms with Crippen molar-refractivity contribution in [1.29, 1.82) is 0 Å². The Morgan fingerprint density at radius 3 is 2.90 bits per heavy atom. The lowest BCUT2D eigenvalue weighted by atomic mass is 10.0. The standard InChI is InChI=1S/C8H13BrO/c9-5-6-3-1-2-4-7-8(6)10-7/h6-8H,1-5H2. The van der Waals surface area contributed by atoms with Crippen molar-refractivity contribution < 1.29 is 4.74 Å². The van der Waals surface area contributed by atoms with Gasteiger partial charge >= 0.3 is 0 Å². The van der Waals surface area contributed by atoms with Gasteiger partial charge in [0.1, 0.15) is 0 Å². The molecule has 2 aliphatic rings. The van der Waals surface area contributed by atoms with Gasteiger partial charge in [-0.2, -0.15) is 0 Å². The van der Waals surface area contributed by atoms with E-state index >= 15 is 0 Å². The molecule has 58 valence electrons. The van der Waals surface area contributed by atoms with Gasteiger partial charge in [-0.25, -0.2) is 0 Å². The van der Waals surface area contributed by atoms with Crippen molar-refractivity contribution in [1.82, 2.24) is 0 Å². The molecule has 2 heteroatoms. The van der Waals surface area contributed by atoms with Gasteiger partial charge in [0, 0.05) is 5.33 Å². The second kappa shape index (κ2) is 2.82. The molecule has 0 aromatic rings. The van der Waals surface area contributed by atoms with Crippen LogP contribution in [0.15, 0.2) is 0 Å². The van der Waals surface area contributed by atoms with E-state index < -0.39 is 0 Å². The summed E-state index contributed by atoms with van der Waals surface area (Å²) in [7, 11) is 0. The predicted octanol–water partition coefficient (Wildman–Crippen LogP) is 2.34. The van der Waals surface area contributed by atoms with Crippen molar-refractivity contribution in [3.8, 4) is 0 Å². The van der Waals surface area contributed by atoms with Crippen LogP contribution in [0.3, 0.4) is 0 Å². The van der Waals surface area contributed by atoms with E-state index in [0.29, 0.717) is 12.2 Å². The van der Waals surface area contributed by atoms with Crippen molar-refractivity contribution in [3.63, 3.8) is 0 Å². The molecule has 1 nitrogen and oxygen atoms in total. The normalized spacial score (nSPS) is 45.9. The molecule has 1 saturated heterocycles. The van der Waals surface area contributed by atoms with Crippen LogP contribution in [0.1, 0.15) is 25.7 Å². The summed E-state index contributed by atoms with van der Waals surface area (Å²) in [5.41, 5.74) is 0. The molecule has 0 N–H and O–H groups in total. The fraction of sp³-hybridized carbons (Fsp3) is 1.00. The summed E-state index contributed by atoms with van der Waals surface area (Å²) < 4.78 is 5.53. The van der Waals surface area contributed by atoms with Crippen LogP contribution in [-0.4, -0.2) is 17.5 Å². The van der Waals surface area contributed by atoms with Crippen LogP contribution in [-0.2, 0) is 4.74 Å². The van der Waals surface area contributed by atoms with Crippen molar-refractivity contribution >= 4 is 15.9 Å². The summed E-state index contributed by atoms with van der Waals surface area (Å²) in [5.74, 6) is 0.812. The minimum atomic E-state index is 0.627. The second-order valence-electron chi connectivity index (χ2n) is 3.34. The molecule has 0 aromatic carbocycles. The van der Waals surface area contributed by atoms with Gasteiger partial charge in [-0.05, 0) is 18.8 Å². The maximum absolute atomic E-state index is 5.53. The molecule has 2 fully saturated rings. The van der Waals surface area contributed by atoms with Crippen LogP contribution in [0.5, 0.6) is 0 Å². The lowest BCUT2D eigenvalue weighted by Crippen LogP contribution is -2.09. The molecule has 0 bridgehead atoms. The van der Waals surface area contributed by atoms with Gasteiger partial charge in [0.05, 0.1) is 12.2 Å². The Balaban J connectivity index is 1.93. The monoisotopic (exact) mass is 204 g/mol. The molecule has 1 aliphatic carbocycles. The first-order valence-corrected chi connectivity index (χ1v) is 5.25. The molecule has 0 radical (unpaired) electrons. The van der Waals surface area contributed by atoms with Crippen LogP contribution in [0.2, 0.25) is 0 Å². The molecule has 0 aromatic heterocycles. The predicted molar refractivity (Wildman–Crippen MR) is 44.4 cm³/mol. The molecule has 0 spiro atoms. The zero-order valence-corrected chi connectivity index (χ0v) is 7.64. The van der Waals surface area contributed by atoms with E-state index in [9.17, 15) is 0 Å². The number of halogens is 1. The average molecular weight is 205 g/mol. The molecule has 1 saturated carbocycles. The lowest BCUT2D eigenvalue weighted by molar-refractivity contribution is 0.297. The molecule has 10 heavy (non-hydrogen) atoms.